The third-order valence-electron chi connectivity index (χ3n) is 5.38. The first kappa shape index (κ1) is 21.1. The van der Waals surface area contributed by atoms with Gasteiger partial charge in [0.1, 0.15) is 5.75 Å². The number of carbonyl (C=O) groups is 1. The van der Waals surface area contributed by atoms with Gasteiger partial charge in [0.05, 0.1) is 6.04 Å². The summed E-state index contributed by atoms with van der Waals surface area (Å²) >= 11 is 0. The molecule has 0 aliphatic carbocycles. The van der Waals surface area contributed by atoms with Crippen molar-refractivity contribution in [3.05, 3.63) is 34.5 Å². The molecule has 0 radical (unpaired) electrons. The third-order valence-corrected chi connectivity index (χ3v) is 5.38. The predicted molar refractivity (Wildman–Crippen MR) is 100.0 cm³/mol. The van der Waals surface area contributed by atoms with Gasteiger partial charge in [0, 0.05) is 26.2 Å². The number of alkyl halides is 3. The molecule has 168 valence electrons. The number of aromatic nitrogens is 3. The summed E-state index contributed by atoms with van der Waals surface area (Å²) in [6.45, 7) is 2.31. The number of halogens is 3. The third kappa shape index (κ3) is 4.06. The minimum Gasteiger partial charge on any atom is -0.481 e. The van der Waals surface area contributed by atoms with Gasteiger partial charge >= 0.3 is 11.9 Å². The smallest absolute Gasteiger partial charge is 0.451 e. The van der Waals surface area contributed by atoms with E-state index in [2.05, 4.69) is 5.10 Å². The van der Waals surface area contributed by atoms with Crippen LogP contribution in [-0.4, -0.2) is 51.1 Å². The average Bonchev–Trinajstić information content (AvgIpc) is 3.31. The van der Waals surface area contributed by atoms with Gasteiger partial charge < -0.3 is 19.1 Å². The molecule has 1 saturated heterocycles. The van der Waals surface area contributed by atoms with Gasteiger partial charge in [0.2, 0.25) is 12.6 Å². The Kier molecular flexibility index (Phi) is 5.31. The molecule has 2 aliphatic heterocycles. The van der Waals surface area contributed by atoms with Crippen LogP contribution >= 0.6 is 0 Å². The Bertz CT molecular complexity index is 1040. The summed E-state index contributed by atoms with van der Waals surface area (Å²) in [7, 11) is 1.04. The molecule has 2 aromatic rings. The van der Waals surface area contributed by atoms with E-state index in [9.17, 15) is 22.8 Å². The maximum Gasteiger partial charge on any atom is 0.451 e. The molecule has 9 nitrogen and oxygen atoms in total. The van der Waals surface area contributed by atoms with Gasteiger partial charge in [0.15, 0.2) is 17.6 Å². The van der Waals surface area contributed by atoms with Crippen LogP contribution in [0.25, 0.3) is 0 Å². The molecule has 1 fully saturated rings. The Hall–Kier alpha value is -3.18. The number of amides is 1. The Morgan fingerprint density at radius 1 is 1.23 bits per heavy atom. The van der Waals surface area contributed by atoms with Gasteiger partial charge in [-0.05, 0) is 31.9 Å². The second-order valence-corrected chi connectivity index (χ2v) is 7.44. The first-order valence-corrected chi connectivity index (χ1v) is 9.73. The molecule has 4 rings (SSSR count). The van der Waals surface area contributed by atoms with Crippen LogP contribution in [-0.2, 0) is 18.0 Å². The zero-order valence-corrected chi connectivity index (χ0v) is 16.9. The second-order valence-electron chi connectivity index (χ2n) is 7.44. The highest BCUT2D eigenvalue weighted by atomic mass is 19.4. The zero-order chi connectivity index (χ0) is 22.3. The summed E-state index contributed by atoms with van der Waals surface area (Å²) in [5.41, 5.74) is -0.823. The Balaban J connectivity index is 1.37. The Morgan fingerprint density at radius 3 is 2.55 bits per heavy atom. The molecule has 0 saturated carbocycles. The van der Waals surface area contributed by atoms with E-state index in [1.165, 1.54) is 0 Å². The highest BCUT2D eigenvalue weighted by Crippen LogP contribution is 2.35. The van der Waals surface area contributed by atoms with Crippen molar-refractivity contribution in [3.63, 3.8) is 0 Å². The largest absolute Gasteiger partial charge is 0.481 e. The molecule has 31 heavy (non-hydrogen) atoms. The normalized spacial score (nSPS) is 17.6. The second kappa shape index (κ2) is 7.82. The SMILES string of the molecule is CC(Oc1ccc2c(c1)OCO2)C(=O)N1CCC(n2nc(C(F)(F)F)n(C)c2=O)CC1. The number of carbonyl (C=O) groups excluding carboxylic acids is 1. The van der Waals surface area contributed by atoms with E-state index in [0.29, 0.717) is 34.7 Å². The summed E-state index contributed by atoms with van der Waals surface area (Å²) in [6.07, 6.45) is -4.85. The monoisotopic (exact) mass is 442 g/mol. The lowest BCUT2D eigenvalue weighted by molar-refractivity contribution is -0.147. The van der Waals surface area contributed by atoms with Crippen molar-refractivity contribution < 1.29 is 32.2 Å². The molecule has 1 unspecified atom stereocenters. The zero-order valence-electron chi connectivity index (χ0n) is 16.9. The molecular formula is C19H21F3N4O5. The number of piperidine rings is 1. The van der Waals surface area contributed by atoms with E-state index in [1.54, 1.807) is 30.0 Å². The van der Waals surface area contributed by atoms with Gasteiger partial charge in [-0.25, -0.2) is 9.48 Å². The van der Waals surface area contributed by atoms with Crippen LogP contribution in [0.2, 0.25) is 0 Å². The van der Waals surface area contributed by atoms with Gasteiger partial charge in [-0.3, -0.25) is 9.36 Å². The lowest BCUT2D eigenvalue weighted by Crippen LogP contribution is -2.46. The van der Waals surface area contributed by atoms with E-state index in [-0.39, 0.29) is 25.8 Å². The van der Waals surface area contributed by atoms with Crippen molar-refractivity contribution in [3.8, 4) is 17.2 Å². The standard InChI is InChI=1S/C19H21F3N4O5/c1-11(31-13-3-4-14-15(9-13)30-10-29-14)16(27)25-7-5-12(6-8-25)26-18(28)24(2)17(23-26)19(20,21)22/h3-4,9,11-12H,5-8,10H2,1-2H3. The minimum absolute atomic E-state index is 0.131. The van der Waals surface area contributed by atoms with Crippen LogP contribution in [0.3, 0.4) is 0 Å². The Morgan fingerprint density at radius 2 is 1.90 bits per heavy atom. The van der Waals surface area contributed by atoms with Crippen molar-refractivity contribution in [1.82, 2.24) is 19.2 Å². The van der Waals surface area contributed by atoms with Crippen LogP contribution in [0.5, 0.6) is 17.2 Å². The summed E-state index contributed by atoms with van der Waals surface area (Å²) < 4.78 is 56.6. The number of hydrogen-bond donors (Lipinski definition) is 0. The first-order chi connectivity index (χ1) is 14.6. The molecule has 2 aliphatic rings. The van der Waals surface area contributed by atoms with E-state index < -0.39 is 29.8 Å². The fourth-order valence-corrected chi connectivity index (χ4v) is 3.73. The fraction of sp³-hybridized carbons (Fsp3) is 0.526. The maximum absolute atomic E-state index is 13.0. The number of rotatable bonds is 4. The molecule has 1 amide bonds. The summed E-state index contributed by atoms with van der Waals surface area (Å²) in [5.74, 6) is 0.116. The van der Waals surface area contributed by atoms with Gasteiger partial charge in [-0.15, -0.1) is 5.10 Å². The van der Waals surface area contributed by atoms with Crippen molar-refractivity contribution in [2.45, 2.75) is 38.1 Å². The number of fused-ring (bicyclic) bond motifs is 1. The number of hydrogen-bond acceptors (Lipinski definition) is 6. The first-order valence-electron chi connectivity index (χ1n) is 9.73. The number of benzene rings is 1. The van der Waals surface area contributed by atoms with Crippen molar-refractivity contribution in [2.24, 2.45) is 7.05 Å². The van der Waals surface area contributed by atoms with Crippen molar-refractivity contribution in [1.29, 1.82) is 0 Å². The van der Waals surface area contributed by atoms with Gasteiger partial charge in [-0.1, -0.05) is 0 Å². The average molecular weight is 442 g/mol. The quantitative estimate of drug-likeness (QED) is 0.720. The predicted octanol–water partition coefficient (Wildman–Crippen LogP) is 1.96. The van der Waals surface area contributed by atoms with Crippen LogP contribution in [0.15, 0.2) is 23.0 Å². The topological polar surface area (TPSA) is 87.8 Å². The van der Waals surface area contributed by atoms with E-state index in [4.69, 9.17) is 14.2 Å². The van der Waals surface area contributed by atoms with Crippen LogP contribution in [0.1, 0.15) is 31.6 Å². The van der Waals surface area contributed by atoms with Gasteiger partial charge in [0.25, 0.3) is 5.91 Å². The van der Waals surface area contributed by atoms with Crippen LogP contribution in [0, 0.1) is 0 Å². The van der Waals surface area contributed by atoms with E-state index in [1.807, 2.05) is 0 Å². The molecule has 1 atom stereocenters. The molecule has 0 spiro atoms. The van der Waals surface area contributed by atoms with Crippen molar-refractivity contribution >= 4 is 5.91 Å². The number of nitrogens with zero attached hydrogens (tertiary/aromatic N) is 4. The van der Waals surface area contributed by atoms with E-state index in [0.717, 1.165) is 11.7 Å². The lowest BCUT2D eigenvalue weighted by atomic mass is 10.0. The summed E-state index contributed by atoms with van der Waals surface area (Å²) in [4.78, 5) is 26.5. The summed E-state index contributed by atoms with van der Waals surface area (Å²) in [5, 5.41) is 3.49. The number of likely N-dealkylation sites (tertiary alicyclic amines) is 1. The fourth-order valence-electron chi connectivity index (χ4n) is 3.73. The highest BCUT2D eigenvalue weighted by molar-refractivity contribution is 5.81. The Labute approximate surface area is 174 Å². The maximum atomic E-state index is 13.0. The number of ether oxygens (including phenoxy) is 3. The molecule has 0 bridgehead atoms. The van der Waals surface area contributed by atoms with Crippen molar-refractivity contribution in [2.75, 3.05) is 19.9 Å². The molecule has 1 aromatic carbocycles. The van der Waals surface area contributed by atoms with E-state index >= 15 is 0 Å². The molecule has 3 heterocycles. The summed E-state index contributed by atoms with van der Waals surface area (Å²) in [6, 6.07) is 4.50. The molecule has 12 heteroatoms. The minimum atomic E-state index is -4.71. The van der Waals surface area contributed by atoms with Crippen LogP contribution < -0.4 is 19.9 Å². The van der Waals surface area contributed by atoms with Crippen LogP contribution in [0.4, 0.5) is 13.2 Å². The molecular weight excluding hydrogens is 421 g/mol. The lowest BCUT2D eigenvalue weighted by Gasteiger charge is -2.33. The molecule has 1 aromatic heterocycles. The highest BCUT2D eigenvalue weighted by Gasteiger charge is 2.39. The molecule has 0 N–H and O–H groups in total. The van der Waals surface area contributed by atoms with Gasteiger partial charge in [-0.2, -0.15) is 13.2 Å².